The Morgan fingerprint density at radius 3 is 2.60 bits per heavy atom. The maximum absolute atomic E-state index is 10.8. The van der Waals surface area contributed by atoms with Crippen molar-refractivity contribution >= 4 is 22.2 Å². The summed E-state index contributed by atoms with van der Waals surface area (Å²) in [6.45, 7) is 1.99. The second-order valence-electron chi connectivity index (χ2n) is 6.16. The van der Waals surface area contributed by atoms with E-state index in [4.69, 9.17) is 4.98 Å². The number of anilines is 1. The van der Waals surface area contributed by atoms with Crippen molar-refractivity contribution in [3.05, 3.63) is 75.7 Å². The van der Waals surface area contributed by atoms with Crippen molar-refractivity contribution < 1.29 is 4.92 Å². The normalized spacial score (nSPS) is 17.0. The third-order valence-corrected chi connectivity index (χ3v) is 5.50. The molecule has 1 aliphatic heterocycles. The van der Waals surface area contributed by atoms with Gasteiger partial charge in [0.25, 0.3) is 5.69 Å². The maximum atomic E-state index is 10.8. The Morgan fingerprint density at radius 1 is 1.12 bits per heavy atom. The standard InChI is InChI=1S/C19H17N3O2S/c23-22(24)17-8-6-15(7-9-17)18-13-25-19(20-18)21-11-10-16(12-21)14-4-2-1-3-5-14/h1-9,13,16H,10-12H2. The topological polar surface area (TPSA) is 59.3 Å². The SMILES string of the molecule is O=[N+]([O-])c1ccc(-c2csc(N3CCC(c4ccccc4)C3)n2)cc1. The molecule has 4 rings (SSSR count). The van der Waals surface area contributed by atoms with E-state index in [-0.39, 0.29) is 10.6 Å². The highest BCUT2D eigenvalue weighted by atomic mass is 32.1. The van der Waals surface area contributed by atoms with Crippen LogP contribution >= 0.6 is 11.3 Å². The minimum absolute atomic E-state index is 0.101. The molecule has 5 nitrogen and oxygen atoms in total. The van der Waals surface area contributed by atoms with E-state index < -0.39 is 0 Å². The minimum atomic E-state index is -0.385. The summed E-state index contributed by atoms with van der Waals surface area (Å²) in [6.07, 6.45) is 1.14. The molecule has 25 heavy (non-hydrogen) atoms. The van der Waals surface area contributed by atoms with Crippen LogP contribution < -0.4 is 4.90 Å². The molecule has 1 unspecified atom stereocenters. The van der Waals surface area contributed by atoms with E-state index in [1.54, 1.807) is 23.5 Å². The predicted octanol–water partition coefficient (Wildman–Crippen LogP) is 4.71. The van der Waals surface area contributed by atoms with Crippen molar-refractivity contribution in [3.8, 4) is 11.3 Å². The van der Waals surface area contributed by atoms with Crippen molar-refractivity contribution in [2.45, 2.75) is 12.3 Å². The molecule has 1 atom stereocenters. The number of nitro benzene ring substituents is 1. The van der Waals surface area contributed by atoms with E-state index in [9.17, 15) is 10.1 Å². The molecule has 3 aromatic rings. The lowest BCUT2D eigenvalue weighted by Crippen LogP contribution is -2.18. The Hall–Kier alpha value is -2.73. The molecule has 2 heterocycles. The molecular formula is C19H17N3O2S. The highest BCUT2D eigenvalue weighted by molar-refractivity contribution is 7.14. The minimum Gasteiger partial charge on any atom is -0.347 e. The smallest absolute Gasteiger partial charge is 0.269 e. The van der Waals surface area contributed by atoms with Gasteiger partial charge in [-0.1, -0.05) is 30.3 Å². The fraction of sp³-hybridized carbons (Fsp3) is 0.211. The van der Waals surface area contributed by atoms with E-state index in [2.05, 4.69) is 29.2 Å². The molecule has 0 radical (unpaired) electrons. The van der Waals surface area contributed by atoms with Gasteiger partial charge in [0.05, 0.1) is 10.6 Å². The average molecular weight is 351 g/mol. The number of thiazole rings is 1. The van der Waals surface area contributed by atoms with Crippen LogP contribution in [0.15, 0.2) is 60.0 Å². The first kappa shape index (κ1) is 15.8. The zero-order chi connectivity index (χ0) is 17.2. The van der Waals surface area contributed by atoms with E-state index in [0.29, 0.717) is 5.92 Å². The molecular weight excluding hydrogens is 334 g/mol. The molecule has 2 aromatic carbocycles. The second kappa shape index (κ2) is 6.64. The summed E-state index contributed by atoms with van der Waals surface area (Å²) < 4.78 is 0. The summed E-state index contributed by atoms with van der Waals surface area (Å²) in [5, 5.41) is 13.8. The van der Waals surface area contributed by atoms with Crippen LogP contribution in [-0.4, -0.2) is 23.0 Å². The van der Waals surface area contributed by atoms with E-state index in [1.807, 2.05) is 11.4 Å². The molecule has 1 saturated heterocycles. The number of nitro groups is 1. The average Bonchev–Trinajstić information content (AvgIpc) is 3.32. The van der Waals surface area contributed by atoms with E-state index in [0.717, 1.165) is 35.9 Å². The van der Waals surface area contributed by atoms with Gasteiger partial charge < -0.3 is 4.90 Å². The largest absolute Gasteiger partial charge is 0.347 e. The van der Waals surface area contributed by atoms with Gasteiger partial charge in [-0.15, -0.1) is 11.3 Å². The van der Waals surface area contributed by atoms with Gasteiger partial charge in [0.15, 0.2) is 5.13 Å². The van der Waals surface area contributed by atoms with Crippen molar-refractivity contribution in [3.63, 3.8) is 0 Å². The van der Waals surface area contributed by atoms with E-state index >= 15 is 0 Å². The van der Waals surface area contributed by atoms with Crippen LogP contribution in [0.3, 0.4) is 0 Å². The number of hydrogen-bond donors (Lipinski definition) is 0. The van der Waals surface area contributed by atoms with Crippen LogP contribution in [0.4, 0.5) is 10.8 Å². The number of aromatic nitrogens is 1. The number of hydrogen-bond acceptors (Lipinski definition) is 5. The lowest BCUT2D eigenvalue weighted by atomic mass is 9.99. The summed E-state index contributed by atoms with van der Waals surface area (Å²) in [7, 11) is 0. The van der Waals surface area contributed by atoms with Crippen LogP contribution in [-0.2, 0) is 0 Å². The first-order valence-corrected chi connectivity index (χ1v) is 9.09. The zero-order valence-electron chi connectivity index (χ0n) is 13.5. The maximum Gasteiger partial charge on any atom is 0.269 e. The van der Waals surface area contributed by atoms with Gasteiger partial charge in [0.1, 0.15) is 0 Å². The fourth-order valence-corrected chi connectivity index (χ4v) is 4.10. The zero-order valence-corrected chi connectivity index (χ0v) is 14.4. The third kappa shape index (κ3) is 3.25. The molecule has 1 fully saturated rings. The molecule has 126 valence electrons. The van der Waals surface area contributed by atoms with Crippen LogP contribution in [0.2, 0.25) is 0 Å². The Labute approximate surface area is 149 Å². The van der Waals surface area contributed by atoms with Gasteiger partial charge in [0, 0.05) is 42.1 Å². The Kier molecular flexibility index (Phi) is 4.19. The van der Waals surface area contributed by atoms with Gasteiger partial charge >= 0.3 is 0 Å². The quantitative estimate of drug-likeness (QED) is 0.504. The van der Waals surface area contributed by atoms with Gasteiger partial charge in [-0.2, -0.15) is 0 Å². The molecule has 0 spiro atoms. The van der Waals surface area contributed by atoms with Gasteiger partial charge in [-0.05, 0) is 24.1 Å². The summed E-state index contributed by atoms with van der Waals surface area (Å²) in [5.41, 5.74) is 3.27. The molecule has 1 aromatic heterocycles. The number of non-ortho nitro benzene ring substituents is 1. The van der Waals surface area contributed by atoms with Crippen LogP contribution in [0.1, 0.15) is 17.9 Å². The predicted molar refractivity (Wildman–Crippen MR) is 100 cm³/mol. The molecule has 6 heteroatoms. The van der Waals surface area contributed by atoms with Crippen molar-refractivity contribution in [1.82, 2.24) is 4.98 Å². The summed E-state index contributed by atoms with van der Waals surface area (Å²) in [4.78, 5) is 17.4. The lowest BCUT2D eigenvalue weighted by Gasteiger charge is -2.15. The van der Waals surface area contributed by atoms with Gasteiger partial charge in [-0.3, -0.25) is 10.1 Å². The first-order chi connectivity index (χ1) is 12.2. The molecule has 0 saturated carbocycles. The van der Waals surface area contributed by atoms with Crippen molar-refractivity contribution in [2.24, 2.45) is 0 Å². The Balaban J connectivity index is 1.49. The summed E-state index contributed by atoms with van der Waals surface area (Å²) in [5.74, 6) is 0.549. The Morgan fingerprint density at radius 2 is 1.88 bits per heavy atom. The fourth-order valence-electron chi connectivity index (χ4n) is 3.23. The molecule has 1 aliphatic rings. The molecule has 0 bridgehead atoms. The summed E-state index contributed by atoms with van der Waals surface area (Å²) in [6, 6.07) is 17.2. The van der Waals surface area contributed by atoms with Crippen LogP contribution in [0.25, 0.3) is 11.3 Å². The number of nitrogens with zero attached hydrogens (tertiary/aromatic N) is 3. The summed E-state index contributed by atoms with van der Waals surface area (Å²) >= 11 is 1.63. The number of rotatable bonds is 4. The lowest BCUT2D eigenvalue weighted by molar-refractivity contribution is -0.384. The monoisotopic (exact) mass is 351 g/mol. The van der Waals surface area contributed by atoms with Gasteiger partial charge in [0.2, 0.25) is 0 Å². The molecule has 0 amide bonds. The van der Waals surface area contributed by atoms with E-state index in [1.165, 1.54) is 17.7 Å². The number of benzene rings is 2. The van der Waals surface area contributed by atoms with Crippen LogP contribution in [0.5, 0.6) is 0 Å². The van der Waals surface area contributed by atoms with Crippen molar-refractivity contribution in [2.75, 3.05) is 18.0 Å². The first-order valence-electron chi connectivity index (χ1n) is 8.21. The van der Waals surface area contributed by atoms with Crippen molar-refractivity contribution in [1.29, 1.82) is 0 Å². The third-order valence-electron chi connectivity index (χ3n) is 4.60. The molecule has 0 aliphatic carbocycles. The highest BCUT2D eigenvalue weighted by Gasteiger charge is 2.25. The van der Waals surface area contributed by atoms with Gasteiger partial charge in [-0.25, -0.2) is 4.98 Å². The van der Waals surface area contributed by atoms with Crippen LogP contribution in [0, 0.1) is 10.1 Å². The Bertz CT molecular complexity index is 877. The highest BCUT2D eigenvalue weighted by Crippen LogP contribution is 2.34. The second-order valence-corrected chi connectivity index (χ2v) is 7.00. The molecule has 0 N–H and O–H groups in total.